The van der Waals surface area contributed by atoms with Crippen molar-refractivity contribution >= 4 is 0 Å². The lowest BCUT2D eigenvalue weighted by Crippen LogP contribution is -2.41. The molecule has 84 valence electrons. The van der Waals surface area contributed by atoms with Gasteiger partial charge in [0.1, 0.15) is 0 Å². The van der Waals surface area contributed by atoms with Gasteiger partial charge in [-0.2, -0.15) is 0 Å². The molecule has 0 heterocycles. The van der Waals surface area contributed by atoms with Gasteiger partial charge in [0, 0.05) is 5.54 Å². The zero-order valence-electron chi connectivity index (χ0n) is 10.6. The minimum Gasteiger partial charge on any atom is -0.315 e. The zero-order valence-corrected chi connectivity index (χ0v) is 10.6. The van der Waals surface area contributed by atoms with Gasteiger partial charge in [0.05, 0.1) is 0 Å². The summed E-state index contributed by atoms with van der Waals surface area (Å²) in [5.41, 5.74) is 1.81. The van der Waals surface area contributed by atoms with Crippen LogP contribution in [-0.4, -0.2) is 12.6 Å². The van der Waals surface area contributed by atoms with E-state index in [0.717, 1.165) is 6.42 Å². The second-order valence-corrected chi connectivity index (χ2v) is 5.56. The first-order valence-corrected chi connectivity index (χ1v) is 5.62. The van der Waals surface area contributed by atoms with E-state index in [0.29, 0.717) is 0 Å². The Hall–Kier alpha value is -0.820. The Kier molecular flexibility index (Phi) is 3.56. The molecule has 1 N–H and O–H groups in total. The molecule has 0 amide bonds. The molecule has 1 heteroatoms. The standard InChI is InChI=1S/C14H23N/c1-13(2,11-14(3,4)15-5)12-9-7-6-8-10-12/h6-10,15H,11H2,1-5H3. The van der Waals surface area contributed by atoms with Crippen molar-refractivity contribution in [2.24, 2.45) is 0 Å². The summed E-state index contributed by atoms with van der Waals surface area (Å²) in [7, 11) is 2.03. The monoisotopic (exact) mass is 205 g/mol. The second kappa shape index (κ2) is 4.36. The molecule has 0 spiro atoms. The van der Waals surface area contributed by atoms with E-state index in [9.17, 15) is 0 Å². The summed E-state index contributed by atoms with van der Waals surface area (Å²) in [6.45, 7) is 9.11. The first-order valence-electron chi connectivity index (χ1n) is 5.62. The highest BCUT2D eigenvalue weighted by Crippen LogP contribution is 2.31. The van der Waals surface area contributed by atoms with Crippen LogP contribution in [0.5, 0.6) is 0 Å². The van der Waals surface area contributed by atoms with Gasteiger partial charge in [0.2, 0.25) is 0 Å². The third-order valence-corrected chi connectivity index (χ3v) is 3.12. The van der Waals surface area contributed by atoms with E-state index < -0.39 is 0 Å². The number of hydrogen-bond acceptors (Lipinski definition) is 1. The van der Waals surface area contributed by atoms with E-state index in [-0.39, 0.29) is 11.0 Å². The molecule has 0 aliphatic heterocycles. The first-order chi connectivity index (χ1) is 6.87. The van der Waals surface area contributed by atoms with E-state index in [2.05, 4.69) is 63.3 Å². The van der Waals surface area contributed by atoms with Crippen molar-refractivity contribution in [3.8, 4) is 0 Å². The molecule has 0 aliphatic carbocycles. The van der Waals surface area contributed by atoms with E-state index in [4.69, 9.17) is 0 Å². The fourth-order valence-electron chi connectivity index (χ4n) is 2.18. The van der Waals surface area contributed by atoms with Gasteiger partial charge in [0.15, 0.2) is 0 Å². The summed E-state index contributed by atoms with van der Waals surface area (Å²) < 4.78 is 0. The number of benzene rings is 1. The van der Waals surface area contributed by atoms with Crippen LogP contribution in [0, 0.1) is 0 Å². The Labute approximate surface area is 93.9 Å². The topological polar surface area (TPSA) is 12.0 Å². The van der Waals surface area contributed by atoms with Crippen LogP contribution < -0.4 is 5.32 Å². The van der Waals surface area contributed by atoms with Gasteiger partial charge in [-0.1, -0.05) is 44.2 Å². The highest BCUT2D eigenvalue weighted by atomic mass is 14.9. The molecule has 0 unspecified atom stereocenters. The molecule has 0 saturated heterocycles. The van der Waals surface area contributed by atoms with Crippen LogP contribution in [0.2, 0.25) is 0 Å². The number of rotatable bonds is 4. The summed E-state index contributed by atoms with van der Waals surface area (Å²) in [4.78, 5) is 0. The molecule has 0 saturated carbocycles. The van der Waals surface area contributed by atoms with Crippen LogP contribution >= 0.6 is 0 Å². The van der Waals surface area contributed by atoms with E-state index in [1.807, 2.05) is 7.05 Å². The lowest BCUT2D eigenvalue weighted by atomic mass is 9.75. The van der Waals surface area contributed by atoms with Gasteiger partial charge in [-0.15, -0.1) is 0 Å². The van der Waals surface area contributed by atoms with E-state index in [1.165, 1.54) is 5.56 Å². The average molecular weight is 205 g/mol. The summed E-state index contributed by atoms with van der Waals surface area (Å²) in [6, 6.07) is 10.7. The Morgan fingerprint density at radius 1 is 1.00 bits per heavy atom. The molecule has 15 heavy (non-hydrogen) atoms. The number of nitrogens with one attached hydrogen (secondary N) is 1. The molecular weight excluding hydrogens is 182 g/mol. The van der Waals surface area contributed by atoms with E-state index in [1.54, 1.807) is 0 Å². The molecule has 0 fully saturated rings. The highest BCUT2D eigenvalue weighted by Gasteiger charge is 2.28. The van der Waals surface area contributed by atoms with Crippen molar-refractivity contribution in [3.63, 3.8) is 0 Å². The van der Waals surface area contributed by atoms with Gasteiger partial charge in [0.25, 0.3) is 0 Å². The zero-order chi connectivity index (χ0) is 11.5. The van der Waals surface area contributed by atoms with Crippen LogP contribution in [0.25, 0.3) is 0 Å². The molecule has 0 atom stereocenters. The Balaban J connectivity index is 2.85. The molecular formula is C14H23N. The fourth-order valence-corrected chi connectivity index (χ4v) is 2.18. The molecule has 0 bridgehead atoms. The average Bonchev–Trinajstić information content (AvgIpc) is 2.18. The molecule has 1 nitrogen and oxygen atoms in total. The highest BCUT2D eigenvalue weighted by molar-refractivity contribution is 5.24. The largest absolute Gasteiger partial charge is 0.315 e. The van der Waals surface area contributed by atoms with Crippen molar-refractivity contribution in [3.05, 3.63) is 35.9 Å². The van der Waals surface area contributed by atoms with Gasteiger partial charge in [-0.3, -0.25) is 0 Å². The molecule has 1 aromatic carbocycles. The van der Waals surface area contributed by atoms with E-state index >= 15 is 0 Å². The second-order valence-electron chi connectivity index (χ2n) is 5.56. The lowest BCUT2D eigenvalue weighted by molar-refractivity contribution is 0.305. The molecule has 0 aromatic heterocycles. The molecule has 1 aromatic rings. The first kappa shape index (κ1) is 12.3. The third-order valence-electron chi connectivity index (χ3n) is 3.12. The summed E-state index contributed by atoms with van der Waals surface area (Å²) >= 11 is 0. The van der Waals surface area contributed by atoms with Gasteiger partial charge in [-0.05, 0) is 38.3 Å². The summed E-state index contributed by atoms with van der Waals surface area (Å²) in [5.74, 6) is 0. The van der Waals surface area contributed by atoms with Crippen molar-refractivity contribution in [1.82, 2.24) is 5.32 Å². The quantitative estimate of drug-likeness (QED) is 0.795. The van der Waals surface area contributed by atoms with Crippen LogP contribution in [0.1, 0.15) is 39.7 Å². The van der Waals surface area contributed by atoms with Crippen LogP contribution in [0.4, 0.5) is 0 Å². The van der Waals surface area contributed by atoms with Crippen LogP contribution in [0.3, 0.4) is 0 Å². The third kappa shape index (κ3) is 3.35. The van der Waals surface area contributed by atoms with Crippen molar-refractivity contribution in [2.75, 3.05) is 7.05 Å². The molecule has 0 aliphatic rings. The van der Waals surface area contributed by atoms with Crippen molar-refractivity contribution in [2.45, 2.75) is 45.1 Å². The number of hydrogen-bond donors (Lipinski definition) is 1. The van der Waals surface area contributed by atoms with Gasteiger partial charge >= 0.3 is 0 Å². The molecule has 0 radical (unpaired) electrons. The Bertz CT molecular complexity index is 298. The minimum atomic E-state index is 0.180. The Morgan fingerprint density at radius 3 is 2.00 bits per heavy atom. The minimum absolute atomic E-state index is 0.180. The summed E-state index contributed by atoms with van der Waals surface area (Å²) in [6.07, 6.45) is 1.13. The summed E-state index contributed by atoms with van der Waals surface area (Å²) in [5, 5.41) is 3.37. The normalized spacial score (nSPS) is 12.9. The van der Waals surface area contributed by atoms with Gasteiger partial charge in [-0.25, -0.2) is 0 Å². The van der Waals surface area contributed by atoms with Crippen LogP contribution in [0.15, 0.2) is 30.3 Å². The van der Waals surface area contributed by atoms with Crippen molar-refractivity contribution in [1.29, 1.82) is 0 Å². The predicted molar refractivity (Wildman–Crippen MR) is 67.2 cm³/mol. The Morgan fingerprint density at radius 2 is 1.53 bits per heavy atom. The maximum Gasteiger partial charge on any atom is 0.0130 e. The smallest absolute Gasteiger partial charge is 0.0130 e. The molecule has 1 rings (SSSR count). The van der Waals surface area contributed by atoms with Gasteiger partial charge < -0.3 is 5.32 Å². The van der Waals surface area contributed by atoms with Crippen LogP contribution in [-0.2, 0) is 5.41 Å². The maximum atomic E-state index is 3.37. The maximum absolute atomic E-state index is 3.37. The predicted octanol–water partition coefficient (Wildman–Crippen LogP) is 3.35. The van der Waals surface area contributed by atoms with Crippen molar-refractivity contribution < 1.29 is 0 Å². The fraction of sp³-hybridized carbons (Fsp3) is 0.571. The lowest BCUT2D eigenvalue weighted by Gasteiger charge is -2.35. The SMILES string of the molecule is CNC(C)(C)CC(C)(C)c1ccccc1.